The summed E-state index contributed by atoms with van der Waals surface area (Å²) in [6.07, 6.45) is 7.39. The van der Waals surface area contributed by atoms with Crippen molar-refractivity contribution in [3.63, 3.8) is 0 Å². The number of benzene rings is 1. The predicted octanol–water partition coefficient (Wildman–Crippen LogP) is 2.47. The van der Waals surface area contributed by atoms with Crippen molar-refractivity contribution in [2.75, 3.05) is 23.3 Å². The van der Waals surface area contributed by atoms with Crippen molar-refractivity contribution < 1.29 is 4.79 Å². The third-order valence-electron chi connectivity index (χ3n) is 5.04. The van der Waals surface area contributed by atoms with E-state index in [9.17, 15) is 4.79 Å². The highest BCUT2D eigenvalue weighted by Crippen LogP contribution is 2.23. The number of nitrogens with one attached hydrogen (secondary N) is 1. The summed E-state index contributed by atoms with van der Waals surface area (Å²) in [6.45, 7) is 3.61. The van der Waals surface area contributed by atoms with Gasteiger partial charge in [0.15, 0.2) is 5.82 Å². The molecule has 3 aromatic rings. The molecule has 1 N–H and O–H groups in total. The number of aromatic nitrogens is 5. The van der Waals surface area contributed by atoms with E-state index >= 15 is 0 Å². The fourth-order valence-corrected chi connectivity index (χ4v) is 3.43. The van der Waals surface area contributed by atoms with E-state index in [1.165, 1.54) is 18.2 Å². The monoisotopic (exact) mass is 377 g/mol. The van der Waals surface area contributed by atoms with Crippen molar-refractivity contribution in [3.8, 4) is 5.82 Å². The van der Waals surface area contributed by atoms with Crippen molar-refractivity contribution >= 4 is 17.4 Å². The number of carbonyl (C=O) groups excluding carboxylic acids is 1. The van der Waals surface area contributed by atoms with Gasteiger partial charge in [0.1, 0.15) is 24.8 Å². The molecule has 4 rings (SSSR count). The minimum absolute atomic E-state index is 0.0551. The molecule has 144 valence electrons. The smallest absolute Gasteiger partial charge is 0.229 e. The zero-order valence-electron chi connectivity index (χ0n) is 15.8. The van der Waals surface area contributed by atoms with Crippen LogP contribution in [0.2, 0.25) is 0 Å². The summed E-state index contributed by atoms with van der Waals surface area (Å²) in [5.41, 5.74) is 2.10. The van der Waals surface area contributed by atoms with Crippen molar-refractivity contribution in [1.82, 2.24) is 24.7 Å². The zero-order chi connectivity index (χ0) is 19.3. The van der Waals surface area contributed by atoms with Crippen LogP contribution in [0.5, 0.6) is 0 Å². The Balaban J connectivity index is 1.44. The molecular formula is C20H23N7O. The first-order valence-electron chi connectivity index (χ1n) is 9.54. The van der Waals surface area contributed by atoms with Gasteiger partial charge in [-0.1, -0.05) is 19.1 Å². The highest BCUT2D eigenvalue weighted by atomic mass is 16.1. The highest BCUT2D eigenvalue weighted by molar-refractivity contribution is 5.93. The van der Waals surface area contributed by atoms with E-state index < -0.39 is 0 Å². The average molecular weight is 377 g/mol. The summed E-state index contributed by atoms with van der Waals surface area (Å²) in [6, 6.07) is 9.90. The molecule has 0 radical (unpaired) electrons. The molecule has 28 heavy (non-hydrogen) atoms. The largest absolute Gasteiger partial charge is 0.356 e. The van der Waals surface area contributed by atoms with Gasteiger partial charge in [-0.25, -0.2) is 19.6 Å². The summed E-state index contributed by atoms with van der Waals surface area (Å²) in [5, 5.41) is 7.16. The molecule has 1 aromatic carbocycles. The fourth-order valence-electron chi connectivity index (χ4n) is 3.43. The number of aryl methyl sites for hydroxylation is 1. The van der Waals surface area contributed by atoms with Gasteiger partial charge in [0.2, 0.25) is 5.91 Å². The lowest BCUT2D eigenvalue weighted by Gasteiger charge is -2.32. The third-order valence-corrected chi connectivity index (χ3v) is 5.04. The predicted molar refractivity (Wildman–Crippen MR) is 106 cm³/mol. The van der Waals surface area contributed by atoms with Crippen molar-refractivity contribution in [1.29, 1.82) is 0 Å². The molecule has 8 nitrogen and oxygen atoms in total. The Morgan fingerprint density at radius 1 is 1.18 bits per heavy atom. The van der Waals surface area contributed by atoms with E-state index in [1.807, 2.05) is 18.2 Å². The number of carbonyl (C=O) groups is 1. The average Bonchev–Trinajstić information content (AvgIpc) is 3.29. The molecule has 1 fully saturated rings. The number of hydrogen-bond acceptors (Lipinski definition) is 6. The van der Waals surface area contributed by atoms with Gasteiger partial charge < -0.3 is 10.2 Å². The number of rotatable bonds is 5. The Morgan fingerprint density at radius 2 is 2.00 bits per heavy atom. The molecular weight excluding hydrogens is 354 g/mol. The minimum Gasteiger partial charge on any atom is -0.356 e. The second-order valence-corrected chi connectivity index (χ2v) is 6.90. The molecule has 1 saturated heterocycles. The summed E-state index contributed by atoms with van der Waals surface area (Å²) < 4.78 is 1.60. The Labute approximate surface area is 163 Å². The van der Waals surface area contributed by atoms with Gasteiger partial charge in [-0.05, 0) is 37.0 Å². The Morgan fingerprint density at radius 3 is 2.75 bits per heavy atom. The molecule has 1 amide bonds. The van der Waals surface area contributed by atoms with Gasteiger partial charge in [-0.15, -0.1) is 0 Å². The quantitative estimate of drug-likeness (QED) is 0.735. The van der Waals surface area contributed by atoms with Gasteiger partial charge in [0.25, 0.3) is 0 Å². The standard InChI is InChI=1S/C20H23N7O/c1-2-15-5-7-17(8-6-15)25-20(28)16-4-3-9-26(11-16)18-10-19(23-13-22-18)27-14-21-12-24-27/h5-8,10,12-14,16H,2-4,9,11H2,1H3,(H,25,28). The van der Waals surface area contributed by atoms with Crippen LogP contribution in [0.25, 0.3) is 5.82 Å². The number of piperidine rings is 1. The lowest BCUT2D eigenvalue weighted by molar-refractivity contribution is -0.120. The maximum atomic E-state index is 12.8. The number of amides is 1. The van der Waals surface area contributed by atoms with Crippen LogP contribution in [0.1, 0.15) is 25.3 Å². The number of anilines is 2. The molecule has 1 aliphatic heterocycles. The van der Waals surface area contributed by atoms with E-state index in [4.69, 9.17) is 0 Å². The van der Waals surface area contributed by atoms with E-state index in [0.29, 0.717) is 12.4 Å². The van der Waals surface area contributed by atoms with E-state index in [-0.39, 0.29) is 11.8 Å². The molecule has 3 heterocycles. The van der Waals surface area contributed by atoms with Crippen molar-refractivity contribution in [3.05, 3.63) is 54.9 Å². The molecule has 1 atom stereocenters. The maximum absolute atomic E-state index is 12.8. The zero-order valence-corrected chi connectivity index (χ0v) is 15.8. The van der Waals surface area contributed by atoms with Gasteiger partial charge in [0, 0.05) is 24.8 Å². The van der Waals surface area contributed by atoms with Gasteiger partial charge in [-0.2, -0.15) is 5.10 Å². The van der Waals surface area contributed by atoms with E-state index in [2.05, 4.69) is 49.3 Å². The SMILES string of the molecule is CCc1ccc(NC(=O)C2CCCN(c3cc(-n4cncn4)ncn3)C2)cc1. The maximum Gasteiger partial charge on any atom is 0.229 e. The Kier molecular flexibility index (Phi) is 5.27. The fraction of sp³-hybridized carbons (Fsp3) is 0.350. The minimum atomic E-state index is -0.0793. The van der Waals surface area contributed by atoms with Crippen LogP contribution in [-0.2, 0) is 11.2 Å². The van der Waals surface area contributed by atoms with E-state index in [0.717, 1.165) is 37.3 Å². The molecule has 0 aliphatic carbocycles. The van der Waals surface area contributed by atoms with Crippen LogP contribution in [0.4, 0.5) is 11.5 Å². The Bertz CT molecular complexity index is 924. The molecule has 0 bridgehead atoms. The van der Waals surface area contributed by atoms with Crippen LogP contribution >= 0.6 is 0 Å². The van der Waals surface area contributed by atoms with Crippen LogP contribution in [-0.4, -0.2) is 43.7 Å². The lowest BCUT2D eigenvalue weighted by Crippen LogP contribution is -2.41. The summed E-state index contributed by atoms with van der Waals surface area (Å²) in [5.74, 6) is 1.43. The number of hydrogen-bond donors (Lipinski definition) is 1. The van der Waals surface area contributed by atoms with Crippen molar-refractivity contribution in [2.45, 2.75) is 26.2 Å². The first kappa shape index (κ1) is 18.1. The van der Waals surface area contributed by atoms with Gasteiger partial charge in [0.05, 0.1) is 5.92 Å². The molecule has 0 spiro atoms. The third kappa shape index (κ3) is 4.00. The van der Waals surface area contributed by atoms with Gasteiger partial charge in [-0.3, -0.25) is 4.79 Å². The first-order chi connectivity index (χ1) is 13.7. The highest BCUT2D eigenvalue weighted by Gasteiger charge is 2.27. The van der Waals surface area contributed by atoms with Gasteiger partial charge >= 0.3 is 0 Å². The summed E-state index contributed by atoms with van der Waals surface area (Å²) >= 11 is 0. The van der Waals surface area contributed by atoms with Crippen LogP contribution in [0.3, 0.4) is 0 Å². The first-order valence-corrected chi connectivity index (χ1v) is 9.54. The molecule has 1 aliphatic rings. The molecule has 0 saturated carbocycles. The summed E-state index contributed by atoms with van der Waals surface area (Å²) in [4.78, 5) is 27.5. The second-order valence-electron chi connectivity index (χ2n) is 6.90. The second kappa shape index (κ2) is 8.16. The Hall–Kier alpha value is -3.29. The van der Waals surface area contributed by atoms with Crippen LogP contribution < -0.4 is 10.2 Å². The molecule has 2 aromatic heterocycles. The topological polar surface area (TPSA) is 88.8 Å². The van der Waals surface area contributed by atoms with Crippen LogP contribution in [0, 0.1) is 5.92 Å². The molecule has 8 heteroatoms. The van der Waals surface area contributed by atoms with E-state index in [1.54, 1.807) is 11.0 Å². The molecule has 1 unspecified atom stereocenters. The number of nitrogens with zero attached hydrogens (tertiary/aromatic N) is 6. The van der Waals surface area contributed by atoms with Crippen molar-refractivity contribution in [2.24, 2.45) is 5.92 Å². The lowest BCUT2D eigenvalue weighted by atomic mass is 9.97. The normalized spacial score (nSPS) is 16.8. The summed E-state index contributed by atoms with van der Waals surface area (Å²) in [7, 11) is 0. The van der Waals surface area contributed by atoms with Crippen LogP contribution in [0.15, 0.2) is 49.3 Å².